The van der Waals surface area contributed by atoms with Crippen molar-refractivity contribution in [2.24, 2.45) is 11.8 Å². The second-order valence-electron chi connectivity index (χ2n) is 6.65. The SMILES string of the molecule is CCC(NC1CC(C)CC(C)C1)c1ccc(C)cc1. The normalized spacial score (nSPS) is 29.2. The quantitative estimate of drug-likeness (QED) is 0.814. The van der Waals surface area contributed by atoms with Crippen molar-refractivity contribution in [2.75, 3.05) is 0 Å². The molecule has 0 heterocycles. The fourth-order valence-electron chi connectivity index (χ4n) is 3.62. The van der Waals surface area contributed by atoms with E-state index in [1.165, 1.54) is 36.8 Å². The van der Waals surface area contributed by atoms with E-state index < -0.39 is 0 Å². The van der Waals surface area contributed by atoms with E-state index in [4.69, 9.17) is 0 Å². The molecule has 0 bridgehead atoms. The summed E-state index contributed by atoms with van der Waals surface area (Å²) in [4.78, 5) is 0. The van der Waals surface area contributed by atoms with Crippen LogP contribution in [0, 0.1) is 18.8 Å². The molecule has 1 aliphatic carbocycles. The number of hydrogen-bond donors (Lipinski definition) is 1. The van der Waals surface area contributed by atoms with Gasteiger partial charge in [0.15, 0.2) is 0 Å². The lowest BCUT2D eigenvalue weighted by Gasteiger charge is -2.34. The highest BCUT2D eigenvalue weighted by Gasteiger charge is 2.25. The lowest BCUT2D eigenvalue weighted by Crippen LogP contribution is -2.38. The lowest BCUT2D eigenvalue weighted by atomic mass is 9.80. The van der Waals surface area contributed by atoms with Gasteiger partial charge in [-0.3, -0.25) is 0 Å². The second-order valence-corrected chi connectivity index (χ2v) is 6.65. The van der Waals surface area contributed by atoms with Gasteiger partial charge < -0.3 is 5.32 Å². The molecule has 0 amide bonds. The molecule has 0 radical (unpaired) electrons. The third-order valence-corrected chi connectivity index (χ3v) is 4.50. The Hall–Kier alpha value is -0.820. The second kappa shape index (κ2) is 6.56. The number of hydrogen-bond acceptors (Lipinski definition) is 1. The van der Waals surface area contributed by atoms with Crippen molar-refractivity contribution in [3.8, 4) is 0 Å². The third-order valence-electron chi connectivity index (χ3n) is 4.50. The predicted octanol–water partition coefficient (Wildman–Crippen LogP) is 4.86. The average molecular weight is 259 g/mol. The molecular formula is C18H29N. The Morgan fingerprint density at radius 3 is 2.16 bits per heavy atom. The van der Waals surface area contributed by atoms with Crippen LogP contribution in [-0.2, 0) is 0 Å². The maximum absolute atomic E-state index is 3.90. The molecule has 1 aliphatic rings. The molecule has 3 unspecified atom stereocenters. The highest BCUT2D eigenvalue weighted by atomic mass is 15.0. The molecule has 1 nitrogen and oxygen atoms in total. The van der Waals surface area contributed by atoms with E-state index >= 15 is 0 Å². The van der Waals surface area contributed by atoms with Crippen LogP contribution in [0.25, 0.3) is 0 Å². The van der Waals surface area contributed by atoms with Gasteiger partial charge in [-0.1, -0.05) is 50.6 Å². The van der Waals surface area contributed by atoms with Crippen molar-refractivity contribution >= 4 is 0 Å². The molecule has 1 aromatic rings. The molecule has 0 spiro atoms. The van der Waals surface area contributed by atoms with Crippen LogP contribution >= 0.6 is 0 Å². The molecule has 3 atom stereocenters. The Kier molecular flexibility index (Phi) is 5.04. The Labute approximate surface area is 118 Å². The summed E-state index contributed by atoms with van der Waals surface area (Å²) in [5.74, 6) is 1.74. The molecule has 0 aromatic heterocycles. The van der Waals surface area contributed by atoms with E-state index in [0.717, 1.165) is 11.8 Å². The largest absolute Gasteiger partial charge is 0.307 e. The van der Waals surface area contributed by atoms with Gasteiger partial charge in [-0.25, -0.2) is 0 Å². The summed E-state index contributed by atoms with van der Waals surface area (Å²) in [6.07, 6.45) is 5.25. The van der Waals surface area contributed by atoms with E-state index in [1.54, 1.807) is 0 Å². The van der Waals surface area contributed by atoms with Gasteiger partial charge in [0.25, 0.3) is 0 Å². The number of rotatable bonds is 4. The monoisotopic (exact) mass is 259 g/mol. The van der Waals surface area contributed by atoms with Crippen LogP contribution in [0.4, 0.5) is 0 Å². The molecule has 1 saturated carbocycles. The molecule has 0 aliphatic heterocycles. The first kappa shape index (κ1) is 14.6. The van der Waals surface area contributed by atoms with Crippen LogP contribution in [-0.4, -0.2) is 6.04 Å². The highest BCUT2D eigenvalue weighted by Crippen LogP contribution is 2.30. The third kappa shape index (κ3) is 4.07. The summed E-state index contributed by atoms with van der Waals surface area (Å²) < 4.78 is 0. The minimum Gasteiger partial charge on any atom is -0.307 e. The van der Waals surface area contributed by atoms with Crippen molar-refractivity contribution < 1.29 is 0 Å². The van der Waals surface area contributed by atoms with Crippen molar-refractivity contribution in [2.45, 2.75) is 65.5 Å². The zero-order chi connectivity index (χ0) is 13.8. The zero-order valence-electron chi connectivity index (χ0n) is 12.9. The number of aryl methyl sites for hydroxylation is 1. The molecule has 106 valence electrons. The van der Waals surface area contributed by atoms with Crippen LogP contribution < -0.4 is 5.32 Å². The molecule has 19 heavy (non-hydrogen) atoms. The average Bonchev–Trinajstić information content (AvgIpc) is 2.36. The number of nitrogens with one attached hydrogen (secondary N) is 1. The van der Waals surface area contributed by atoms with E-state index in [-0.39, 0.29) is 0 Å². The van der Waals surface area contributed by atoms with Gasteiger partial charge in [0.05, 0.1) is 0 Å². The molecule has 0 saturated heterocycles. The first-order chi connectivity index (χ1) is 9.08. The van der Waals surface area contributed by atoms with Crippen molar-refractivity contribution in [1.82, 2.24) is 5.32 Å². The summed E-state index contributed by atoms with van der Waals surface area (Å²) in [6, 6.07) is 10.2. The summed E-state index contributed by atoms with van der Waals surface area (Å²) in [6.45, 7) is 9.24. The van der Waals surface area contributed by atoms with Gasteiger partial charge in [0.1, 0.15) is 0 Å². The molecule has 1 heteroatoms. The van der Waals surface area contributed by atoms with Gasteiger partial charge in [-0.2, -0.15) is 0 Å². The van der Waals surface area contributed by atoms with Crippen LogP contribution in [0.5, 0.6) is 0 Å². The van der Waals surface area contributed by atoms with E-state index in [9.17, 15) is 0 Å². The Balaban J connectivity index is 2.00. The molecule has 1 aromatic carbocycles. The molecule has 2 rings (SSSR count). The summed E-state index contributed by atoms with van der Waals surface area (Å²) in [5, 5.41) is 3.90. The van der Waals surface area contributed by atoms with Crippen LogP contribution in [0.3, 0.4) is 0 Å². The molecular weight excluding hydrogens is 230 g/mol. The Morgan fingerprint density at radius 1 is 1.05 bits per heavy atom. The van der Waals surface area contributed by atoms with Crippen molar-refractivity contribution in [3.05, 3.63) is 35.4 Å². The van der Waals surface area contributed by atoms with E-state index in [0.29, 0.717) is 12.1 Å². The first-order valence-corrected chi connectivity index (χ1v) is 7.91. The standard InChI is InChI=1S/C18H29N/c1-5-18(16-8-6-13(2)7-9-16)19-17-11-14(3)10-15(4)12-17/h6-9,14-15,17-19H,5,10-12H2,1-4H3. The van der Waals surface area contributed by atoms with E-state index in [1.807, 2.05) is 0 Å². The van der Waals surface area contributed by atoms with Gasteiger partial charge in [0.2, 0.25) is 0 Å². The van der Waals surface area contributed by atoms with Gasteiger partial charge in [-0.05, 0) is 50.0 Å². The highest BCUT2D eigenvalue weighted by molar-refractivity contribution is 5.24. The lowest BCUT2D eigenvalue weighted by molar-refractivity contribution is 0.224. The van der Waals surface area contributed by atoms with E-state index in [2.05, 4.69) is 57.3 Å². The fourth-order valence-corrected chi connectivity index (χ4v) is 3.62. The summed E-state index contributed by atoms with van der Waals surface area (Å²) >= 11 is 0. The Morgan fingerprint density at radius 2 is 1.63 bits per heavy atom. The van der Waals surface area contributed by atoms with Crippen LogP contribution in [0.2, 0.25) is 0 Å². The van der Waals surface area contributed by atoms with Gasteiger partial charge in [-0.15, -0.1) is 0 Å². The molecule has 1 N–H and O–H groups in total. The first-order valence-electron chi connectivity index (χ1n) is 7.91. The zero-order valence-corrected chi connectivity index (χ0v) is 12.9. The van der Waals surface area contributed by atoms with Gasteiger partial charge in [0, 0.05) is 12.1 Å². The van der Waals surface area contributed by atoms with Crippen molar-refractivity contribution in [1.29, 1.82) is 0 Å². The minimum atomic E-state index is 0.517. The maximum atomic E-state index is 3.90. The van der Waals surface area contributed by atoms with Crippen LogP contribution in [0.1, 0.15) is 63.6 Å². The fraction of sp³-hybridized carbons (Fsp3) is 0.667. The van der Waals surface area contributed by atoms with Gasteiger partial charge >= 0.3 is 0 Å². The predicted molar refractivity (Wildman–Crippen MR) is 83.3 cm³/mol. The summed E-state index contributed by atoms with van der Waals surface area (Å²) in [7, 11) is 0. The Bertz CT molecular complexity index is 371. The number of benzene rings is 1. The van der Waals surface area contributed by atoms with Crippen molar-refractivity contribution in [3.63, 3.8) is 0 Å². The smallest absolute Gasteiger partial charge is 0.0320 e. The minimum absolute atomic E-state index is 0.517. The topological polar surface area (TPSA) is 12.0 Å². The summed E-state index contributed by atoms with van der Waals surface area (Å²) in [5.41, 5.74) is 2.79. The maximum Gasteiger partial charge on any atom is 0.0320 e. The molecule has 1 fully saturated rings. The van der Waals surface area contributed by atoms with Crippen LogP contribution in [0.15, 0.2) is 24.3 Å².